The van der Waals surface area contributed by atoms with Crippen LogP contribution in [-0.2, 0) is 22.4 Å². The van der Waals surface area contributed by atoms with Crippen molar-refractivity contribution in [1.29, 1.82) is 0 Å². The SMILES string of the molecule is Cc1cc(CC(=O)O)cnc1CC(=O)O. The predicted octanol–water partition coefficient (Wildman–Crippen LogP) is 0.644. The van der Waals surface area contributed by atoms with E-state index in [-0.39, 0.29) is 12.8 Å². The van der Waals surface area contributed by atoms with E-state index < -0.39 is 11.9 Å². The Hall–Kier alpha value is -1.91. The summed E-state index contributed by atoms with van der Waals surface area (Å²) < 4.78 is 0. The van der Waals surface area contributed by atoms with E-state index in [1.54, 1.807) is 13.0 Å². The van der Waals surface area contributed by atoms with Gasteiger partial charge >= 0.3 is 11.9 Å². The molecule has 0 amide bonds. The first-order valence-electron chi connectivity index (χ1n) is 4.37. The molecule has 1 aromatic rings. The van der Waals surface area contributed by atoms with Crippen LogP contribution < -0.4 is 0 Å². The molecule has 0 fully saturated rings. The minimum Gasteiger partial charge on any atom is -0.481 e. The third kappa shape index (κ3) is 3.38. The summed E-state index contributed by atoms with van der Waals surface area (Å²) >= 11 is 0. The number of aromatic nitrogens is 1. The molecule has 0 saturated carbocycles. The second-order valence-electron chi connectivity index (χ2n) is 3.25. The van der Waals surface area contributed by atoms with Crippen LogP contribution in [0, 0.1) is 6.92 Å². The Labute approximate surface area is 86.4 Å². The number of carboxylic acids is 2. The fraction of sp³-hybridized carbons (Fsp3) is 0.300. The maximum Gasteiger partial charge on any atom is 0.309 e. The minimum atomic E-state index is -0.948. The highest BCUT2D eigenvalue weighted by atomic mass is 16.4. The highest BCUT2D eigenvalue weighted by Crippen LogP contribution is 2.09. The van der Waals surface area contributed by atoms with Crippen LogP contribution in [0.1, 0.15) is 16.8 Å². The van der Waals surface area contributed by atoms with Crippen molar-refractivity contribution in [3.05, 3.63) is 29.1 Å². The smallest absolute Gasteiger partial charge is 0.309 e. The molecule has 0 spiro atoms. The molecule has 0 saturated heterocycles. The van der Waals surface area contributed by atoms with Crippen molar-refractivity contribution in [1.82, 2.24) is 4.98 Å². The molecular formula is C10H11NO4. The van der Waals surface area contributed by atoms with Crippen LogP contribution in [0.15, 0.2) is 12.3 Å². The van der Waals surface area contributed by atoms with Crippen LogP contribution >= 0.6 is 0 Å². The number of carbonyl (C=O) groups is 2. The quantitative estimate of drug-likeness (QED) is 0.759. The normalized spacial score (nSPS) is 9.93. The monoisotopic (exact) mass is 209 g/mol. The molecule has 0 unspecified atom stereocenters. The van der Waals surface area contributed by atoms with Crippen LogP contribution in [-0.4, -0.2) is 27.1 Å². The van der Waals surface area contributed by atoms with E-state index in [1.807, 2.05) is 0 Å². The van der Waals surface area contributed by atoms with E-state index in [0.29, 0.717) is 16.8 Å². The number of hydrogen-bond donors (Lipinski definition) is 2. The Kier molecular flexibility index (Phi) is 3.38. The molecule has 15 heavy (non-hydrogen) atoms. The number of nitrogens with zero attached hydrogens (tertiary/aromatic N) is 1. The summed E-state index contributed by atoms with van der Waals surface area (Å²) in [6.07, 6.45) is 1.17. The molecular weight excluding hydrogens is 198 g/mol. The third-order valence-electron chi connectivity index (χ3n) is 1.92. The molecule has 2 N–H and O–H groups in total. The Morgan fingerprint density at radius 1 is 1.27 bits per heavy atom. The van der Waals surface area contributed by atoms with E-state index in [4.69, 9.17) is 10.2 Å². The highest BCUT2D eigenvalue weighted by molar-refractivity contribution is 5.71. The van der Waals surface area contributed by atoms with E-state index in [9.17, 15) is 9.59 Å². The van der Waals surface area contributed by atoms with Crippen molar-refractivity contribution in [3.8, 4) is 0 Å². The van der Waals surface area contributed by atoms with E-state index in [2.05, 4.69) is 4.98 Å². The summed E-state index contributed by atoms with van der Waals surface area (Å²) in [4.78, 5) is 24.8. The molecule has 1 heterocycles. The van der Waals surface area contributed by atoms with Gasteiger partial charge in [-0.25, -0.2) is 0 Å². The Morgan fingerprint density at radius 3 is 2.33 bits per heavy atom. The van der Waals surface area contributed by atoms with Crippen molar-refractivity contribution in [2.24, 2.45) is 0 Å². The Balaban J connectivity index is 2.87. The standard InChI is InChI=1S/C10H11NO4/c1-6-2-7(3-9(12)13)5-11-8(6)4-10(14)15/h2,5H,3-4H2,1H3,(H,12,13)(H,14,15). The van der Waals surface area contributed by atoms with Crippen LogP contribution in [0.2, 0.25) is 0 Å². The molecule has 1 aromatic heterocycles. The Bertz CT molecular complexity index is 400. The molecule has 1 rings (SSSR count). The van der Waals surface area contributed by atoms with Crippen molar-refractivity contribution in [2.75, 3.05) is 0 Å². The summed E-state index contributed by atoms with van der Waals surface area (Å²) in [6.45, 7) is 1.72. The fourth-order valence-electron chi connectivity index (χ4n) is 1.26. The first kappa shape index (κ1) is 11.2. The van der Waals surface area contributed by atoms with Gasteiger partial charge in [0.25, 0.3) is 0 Å². The average Bonchev–Trinajstić information content (AvgIpc) is 2.08. The summed E-state index contributed by atoms with van der Waals surface area (Å²) in [7, 11) is 0. The summed E-state index contributed by atoms with van der Waals surface area (Å²) in [6, 6.07) is 1.65. The lowest BCUT2D eigenvalue weighted by atomic mass is 10.1. The predicted molar refractivity (Wildman–Crippen MR) is 51.7 cm³/mol. The van der Waals surface area contributed by atoms with Crippen molar-refractivity contribution < 1.29 is 19.8 Å². The third-order valence-corrected chi connectivity index (χ3v) is 1.92. The fourth-order valence-corrected chi connectivity index (χ4v) is 1.26. The van der Waals surface area contributed by atoms with Gasteiger partial charge in [-0.1, -0.05) is 6.07 Å². The largest absolute Gasteiger partial charge is 0.481 e. The number of hydrogen-bond acceptors (Lipinski definition) is 3. The summed E-state index contributed by atoms with van der Waals surface area (Å²) in [5.41, 5.74) is 1.75. The zero-order chi connectivity index (χ0) is 11.4. The van der Waals surface area contributed by atoms with Gasteiger partial charge in [-0.3, -0.25) is 14.6 Å². The maximum absolute atomic E-state index is 10.4. The molecule has 0 bridgehead atoms. The van der Waals surface area contributed by atoms with Gasteiger partial charge in [0, 0.05) is 6.20 Å². The van der Waals surface area contributed by atoms with Crippen molar-refractivity contribution in [3.63, 3.8) is 0 Å². The highest BCUT2D eigenvalue weighted by Gasteiger charge is 2.07. The second kappa shape index (κ2) is 4.54. The second-order valence-corrected chi connectivity index (χ2v) is 3.25. The van der Waals surface area contributed by atoms with Gasteiger partial charge in [0.05, 0.1) is 18.5 Å². The summed E-state index contributed by atoms with van der Waals surface area (Å²) in [5.74, 6) is -1.88. The van der Waals surface area contributed by atoms with Crippen molar-refractivity contribution >= 4 is 11.9 Å². The molecule has 5 nitrogen and oxygen atoms in total. The van der Waals surface area contributed by atoms with Gasteiger partial charge in [0.2, 0.25) is 0 Å². The lowest BCUT2D eigenvalue weighted by molar-refractivity contribution is -0.137. The van der Waals surface area contributed by atoms with E-state index in [0.717, 1.165) is 0 Å². The van der Waals surface area contributed by atoms with Crippen LogP contribution in [0.3, 0.4) is 0 Å². The molecule has 0 radical (unpaired) electrons. The zero-order valence-corrected chi connectivity index (χ0v) is 8.23. The molecule has 0 atom stereocenters. The topological polar surface area (TPSA) is 87.5 Å². The van der Waals surface area contributed by atoms with Crippen LogP contribution in [0.4, 0.5) is 0 Å². The lowest BCUT2D eigenvalue weighted by Crippen LogP contribution is -2.07. The molecule has 5 heteroatoms. The number of carboxylic acid groups (broad SMARTS) is 2. The molecule has 0 aromatic carbocycles. The van der Waals surface area contributed by atoms with Crippen LogP contribution in [0.25, 0.3) is 0 Å². The molecule has 0 aliphatic carbocycles. The molecule has 0 aliphatic heterocycles. The number of pyridine rings is 1. The minimum absolute atomic E-state index is 0.0960. The average molecular weight is 209 g/mol. The van der Waals surface area contributed by atoms with Gasteiger partial charge in [0.15, 0.2) is 0 Å². The Morgan fingerprint density at radius 2 is 1.87 bits per heavy atom. The van der Waals surface area contributed by atoms with Gasteiger partial charge in [-0.2, -0.15) is 0 Å². The van der Waals surface area contributed by atoms with E-state index >= 15 is 0 Å². The molecule has 80 valence electrons. The first-order chi connectivity index (χ1) is 6.99. The first-order valence-corrected chi connectivity index (χ1v) is 4.37. The molecule has 0 aliphatic rings. The van der Waals surface area contributed by atoms with Crippen LogP contribution in [0.5, 0.6) is 0 Å². The lowest BCUT2D eigenvalue weighted by Gasteiger charge is -2.04. The van der Waals surface area contributed by atoms with Gasteiger partial charge in [0.1, 0.15) is 0 Å². The van der Waals surface area contributed by atoms with Crippen molar-refractivity contribution in [2.45, 2.75) is 19.8 Å². The number of aliphatic carboxylic acids is 2. The van der Waals surface area contributed by atoms with E-state index in [1.165, 1.54) is 6.20 Å². The van der Waals surface area contributed by atoms with Gasteiger partial charge in [-0.05, 0) is 18.1 Å². The zero-order valence-electron chi connectivity index (χ0n) is 8.23. The summed E-state index contributed by atoms with van der Waals surface area (Å²) in [5, 5.41) is 17.1. The van der Waals surface area contributed by atoms with Gasteiger partial charge < -0.3 is 10.2 Å². The maximum atomic E-state index is 10.4. The number of rotatable bonds is 4. The van der Waals surface area contributed by atoms with Gasteiger partial charge in [-0.15, -0.1) is 0 Å². The number of aryl methyl sites for hydroxylation is 1.